The van der Waals surface area contributed by atoms with Crippen LogP contribution in [0.15, 0.2) is 24.3 Å². The highest BCUT2D eigenvalue weighted by Crippen LogP contribution is 2.42. The number of carbonyl (C=O) groups is 2. The number of benzene rings is 1. The van der Waals surface area contributed by atoms with E-state index in [1.807, 2.05) is 13.8 Å². The third kappa shape index (κ3) is 4.03. The zero-order valence-corrected chi connectivity index (χ0v) is 17.1. The molecule has 0 saturated carbocycles. The first-order valence-electron chi connectivity index (χ1n) is 10.4. The van der Waals surface area contributed by atoms with Crippen molar-refractivity contribution < 1.29 is 9.59 Å². The van der Waals surface area contributed by atoms with Crippen molar-refractivity contribution in [3.8, 4) is 0 Å². The van der Waals surface area contributed by atoms with Crippen molar-refractivity contribution >= 4 is 17.5 Å². The van der Waals surface area contributed by atoms with E-state index in [1.165, 1.54) is 25.2 Å². The maximum Gasteiger partial charge on any atom is 0.234 e. The molecule has 1 aromatic carbocycles. The number of likely N-dealkylation sites (tertiary alicyclic amines) is 1. The lowest BCUT2D eigenvalue weighted by Crippen LogP contribution is -2.58. The van der Waals surface area contributed by atoms with Gasteiger partial charge >= 0.3 is 0 Å². The number of piperidine rings is 1. The molecule has 0 bridgehead atoms. The molecule has 0 radical (unpaired) electrons. The molecule has 3 aliphatic rings. The van der Waals surface area contributed by atoms with Gasteiger partial charge in [-0.25, -0.2) is 0 Å². The Kier molecular flexibility index (Phi) is 5.89. The molecule has 1 N–H and O–H groups in total. The lowest BCUT2D eigenvalue weighted by atomic mass is 9.78. The molecule has 0 aliphatic carbocycles. The summed E-state index contributed by atoms with van der Waals surface area (Å²) in [6.07, 6.45) is 2.34. The third-order valence-electron chi connectivity index (χ3n) is 6.15. The minimum Gasteiger partial charge on any atom is -0.370 e. The summed E-state index contributed by atoms with van der Waals surface area (Å²) in [5.74, 6) is -0.508. The standard InChI is InChI=1S/C20H27N3O2.C2H6/c1-14(2)22-10-9-20(11-22)12-23(13-20)16-5-3-15(4-6-16)17-7-8-18(24)21-19(17)25;1-2/h3-6,14,17H,7-13H2,1-2H3,(H,21,24,25);1-2H3. The van der Waals surface area contributed by atoms with Gasteiger partial charge in [0.15, 0.2) is 0 Å². The number of nitrogens with zero attached hydrogens (tertiary/aromatic N) is 2. The maximum absolute atomic E-state index is 12.0. The van der Waals surface area contributed by atoms with Crippen LogP contribution in [0.25, 0.3) is 0 Å². The van der Waals surface area contributed by atoms with Crippen LogP contribution in [0.1, 0.15) is 58.4 Å². The molecular weight excluding hydrogens is 338 g/mol. The van der Waals surface area contributed by atoms with E-state index in [4.69, 9.17) is 0 Å². The van der Waals surface area contributed by atoms with Crippen LogP contribution in [0.2, 0.25) is 0 Å². The first-order valence-corrected chi connectivity index (χ1v) is 10.4. The molecule has 1 unspecified atom stereocenters. The highest BCUT2D eigenvalue weighted by Gasteiger charge is 2.47. The molecule has 3 heterocycles. The molecule has 5 nitrogen and oxygen atoms in total. The van der Waals surface area contributed by atoms with Crippen molar-refractivity contribution in [2.24, 2.45) is 5.41 Å². The van der Waals surface area contributed by atoms with Crippen LogP contribution in [0, 0.1) is 5.41 Å². The lowest BCUT2D eigenvalue weighted by Gasteiger charge is -2.50. The minimum atomic E-state index is -0.191. The van der Waals surface area contributed by atoms with Crippen LogP contribution >= 0.6 is 0 Å². The Hall–Kier alpha value is -1.88. The Bertz CT molecular complexity index is 677. The highest BCUT2D eigenvalue weighted by atomic mass is 16.2. The summed E-state index contributed by atoms with van der Waals surface area (Å²) in [6, 6.07) is 8.99. The zero-order valence-electron chi connectivity index (χ0n) is 17.1. The summed E-state index contributed by atoms with van der Waals surface area (Å²) < 4.78 is 0. The molecule has 5 heteroatoms. The monoisotopic (exact) mass is 371 g/mol. The van der Waals surface area contributed by atoms with E-state index in [9.17, 15) is 9.59 Å². The first kappa shape index (κ1) is 19.9. The smallest absolute Gasteiger partial charge is 0.234 e. The summed E-state index contributed by atoms with van der Waals surface area (Å²) in [4.78, 5) is 28.3. The van der Waals surface area contributed by atoms with Crippen molar-refractivity contribution in [3.63, 3.8) is 0 Å². The Labute approximate surface area is 163 Å². The van der Waals surface area contributed by atoms with Gasteiger partial charge in [0.25, 0.3) is 0 Å². The van der Waals surface area contributed by atoms with Gasteiger partial charge in [0.05, 0.1) is 5.92 Å². The van der Waals surface area contributed by atoms with Gasteiger partial charge in [-0.3, -0.25) is 14.9 Å². The molecule has 3 fully saturated rings. The van der Waals surface area contributed by atoms with Gasteiger partial charge in [0, 0.05) is 43.2 Å². The van der Waals surface area contributed by atoms with Crippen LogP contribution in [-0.2, 0) is 9.59 Å². The van der Waals surface area contributed by atoms with Crippen molar-refractivity contribution in [1.82, 2.24) is 10.2 Å². The average molecular weight is 372 g/mol. The topological polar surface area (TPSA) is 52.6 Å². The Morgan fingerprint density at radius 2 is 1.74 bits per heavy atom. The van der Waals surface area contributed by atoms with Gasteiger partial charge in [-0.1, -0.05) is 26.0 Å². The number of hydrogen-bond acceptors (Lipinski definition) is 4. The molecule has 3 saturated heterocycles. The molecule has 4 rings (SSSR count). The second kappa shape index (κ2) is 8.01. The molecule has 3 aliphatic heterocycles. The van der Waals surface area contributed by atoms with E-state index >= 15 is 0 Å². The van der Waals surface area contributed by atoms with Gasteiger partial charge in [-0.15, -0.1) is 0 Å². The van der Waals surface area contributed by atoms with Gasteiger partial charge in [0.2, 0.25) is 11.8 Å². The van der Waals surface area contributed by atoms with E-state index in [-0.39, 0.29) is 17.7 Å². The Morgan fingerprint density at radius 3 is 2.30 bits per heavy atom. The van der Waals surface area contributed by atoms with E-state index in [0.29, 0.717) is 24.3 Å². The predicted octanol–water partition coefficient (Wildman–Crippen LogP) is 3.15. The number of anilines is 1. The fourth-order valence-electron chi connectivity index (χ4n) is 4.54. The summed E-state index contributed by atoms with van der Waals surface area (Å²) in [5.41, 5.74) is 2.73. The van der Waals surface area contributed by atoms with Crippen molar-refractivity contribution in [1.29, 1.82) is 0 Å². The van der Waals surface area contributed by atoms with Gasteiger partial charge in [0.1, 0.15) is 0 Å². The quantitative estimate of drug-likeness (QED) is 0.830. The molecule has 0 aromatic heterocycles. The van der Waals surface area contributed by atoms with Crippen molar-refractivity contribution in [3.05, 3.63) is 29.8 Å². The number of carbonyl (C=O) groups excluding carboxylic acids is 2. The SMILES string of the molecule is CC.CC(C)N1CCC2(CN(c3ccc(C4CCC(=O)NC4=O)cc3)C2)C1. The van der Waals surface area contributed by atoms with Crippen molar-refractivity contribution in [2.45, 2.75) is 58.9 Å². The Balaban J connectivity index is 0.00000102. The number of hydrogen-bond donors (Lipinski definition) is 1. The Morgan fingerprint density at radius 1 is 1.07 bits per heavy atom. The normalized spacial score (nSPS) is 24.5. The van der Waals surface area contributed by atoms with Crippen LogP contribution in [0.4, 0.5) is 5.69 Å². The zero-order chi connectivity index (χ0) is 19.6. The number of amides is 2. The molecule has 1 aromatic rings. The molecule has 1 spiro atoms. The van der Waals surface area contributed by atoms with Crippen LogP contribution in [0.5, 0.6) is 0 Å². The second-order valence-electron chi connectivity index (χ2n) is 8.27. The summed E-state index contributed by atoms with van der Waals surface area (Å²) >= 11 is 0. The van der Waals surface area contributed by atoms with Crippen molar-refractivity contribution in [2.75, 3.05) is 31.1 Å². The summed E-state index contributed by atoms with van der Waals surface area (Å²) in [6.45, 7) is 13.3. The highest BCUT2D eigenvalue weighted by molar-refractivity contribution is 6.00. The van der Waals surface area contributed by atoms with E-state index in [0.717, 1.165) is 18.7 Å². The van der Waals surface area contributed by atoms with Gasteiger partial charge < -0.3 is 9.80 Å². The molecule has 27 heavy (non-hydrogen) atoms. The third-order valence-corrected chi connectivity index (χ3v) is 6.15. The molecule has 2 amide bonds. The fourth-order valence-corrected chi connectivity index (χ4v) is 4.54. The van der Waals surface area contributed by atoms with Gasteiger partial charge in [-0.2, -0.15) is 0 Å². The average Bonchev–Trinajstić information content (AvgIpc) is 3.09. The first-order chi connectivity index (χ1) is 13.0. The molecule has 1 atom stereocenters. The molecular formula is C22H33N3O2. The second-order valence-corrected chi connectivity index (χ2v) is 8.27. The van der Waals surface area contributed by atoms with E-state index in [1.54, 1.807) is 0 Å². The van der Waals surface area contributed by atoms with Crippen LogP contribution in [-0.4, -0.2) is 48.9 Å². The summed E-state index contributed by atoms with van der Waals surface area (Å²) in [7, 11) is 0. The number of rotatable bonds is 3. The van der Waals surface area contributed by atoms with Crippen LogP contribution in [0.3, 0.4) is 0 Å². The molecule has 148 valence electrons. The fraction of sp³-hybridized carbons (Fsp3) is 0.636. The lowest BCUT2D eigenvalue weighted by molar-refractivity contribution is -0.134. The summed E-state index contributed by atoms with van der Waals surface area (Å²) in [5, 5.41) is 2.44. The van der Waals surface area contributed by atoms with Crippen LogP contribution < -0.4 is 10.2 Å². The van der Waals surface area contributed by atoms with Gasteiger partial charge in [-0.05, 0) is 50.9 Å². The van der Waals surface area contributed by atoms with E-state index in [2.05, 4.69) is 53.2 Å². The number of nitrogens with one attached hydrogen (secondary N) is 1. The minimum absolute atomic E-state index is 0.157. The van der Waals surface area contributed by atoms with E-state index < -0.39 is 0 Å². The largest absolute Gasteiger partial charge is 0.370 e. The predicted molar refractivity (Wildman–Crippen MR) is 109 cm³/mol. The maximum atomic E-state index is 12.0. The number of imide groups is 1.